The summed E-state index contributed by atoms with van der Waals surface area (Å²) in [6.45, 7) is 6.25. The van der Waals surface area contributed by atoms with Crippen molar-refractivity contribution in [2.75, 3.05) is 13.1 Å². The van der Waals surface area contributed by atoms with Gasteiger partial charge in [-0.1, -0.05) is 25.1 Å². The maximum Gasteiger partial charge on any atom is 0.269 e. The molecular weight excluding hydrogens is 451 g/mol. The molecule has 0 spiro atoms. The second-order valence-electron chi connectivity index (χ2n) is 5.42. The third-order valence-corrected chi connectivity index (χ3v) is 4.62. The average molecular weight is 474 g/mol. The summed E-state index contributed by atoms with van der Waals surface area (Å²) in [4.78, 5) is 16.2. The van der Waals surface area contributed by atoms with Gasteiger partial charge in [-0.05, 0) is 23.9 Å². The second kappa shape index (κ2) is 11.0. The van der Waals surface area contributed by atoms with Crippen LogP contribution < -0.4 is 10.6 Å². The van der Waals surface area contributed by atoms with E-state index in [0.717, 1.165) is 24.6 Å². The maximum absolute atomic E-state index is 10.7. The number of nitrogens with zero attached hydrogens (tertiary/aromatic N) is 2. The first-order chi connectivity index (χ1) is 11.6. The first-order valence-electron chi connectivity index (χ1n) is 7.89. The van der Waals surface area contributed by atoms with E-state index in [2.05, 4.69) is 40.1 Å². The highest BCUT2D eigenvalue weighted by Gasteiger charge is 2.08. The van der Waals surface area contributed by atoms with Crippen molar-refractivity contribution in [2.45, 2.75) is 26.3 Å². The maximum atomic E-state index is 10.7. The molecule has 2 aromatic rings. The van der Waals surface area contributed by atoms with Gasteiger partial charge in [0.05, 0.1) is 11.5 Å². The fraction of sp³-hybridized carbons (Fsp3) is 0.353. The van der Waals surface area contributed by atoms with Crippen LogP contribution >= 0.6 is 35.3 Å². The van der Waals surface area contributed by atoms with E-state index in [1.165, 1.54) is 17.0 Å². The van der Waals surface area contributed by atoms with Crippen molar-refractivity contribution < 1.29 is 4.92 Å². The number of hydrogen-bond acceptors (Lipinski definition) is 4. The van der Waals surface area contributed by atoms with E-state index in [-0.39, 0.29) is 29.7 Å². The number of non-ortho nitro benzene ring substituents is 1. The number of thiophene rings is 1. The van der Waals surface area contributed by atoms with Gasteiger partial charge in [-0.2, -0.15) is 0 Å². The zero-order valence-corrected chi connectivity index (χ0v) is 17.4. The lowest BCUT2D eigenvalue weighted by Crippen LogP contribution is -2.39. The van der Waals surface area contributed by atoms with E-state index < -0.39 is 4.92 Å². The molecule has 0 fully saturated rings. The highest BCUT2D eigenvalue weighted by molar-refractivity contribution is 14.0. The number of rotatable bonds is 7. The molecule has 1 atom stereocenters. The second-order valence-corrected chi connectivity index (χ2v) is 6.40. The van der Waals surface area contributed by atoms with Gasteiger partial charge in [0.25, 0.3) is 5.69 Å². The van der Waals surface area contributed by atoms with E-state index in [0.29, 0.717) is 12.5 Å². The molecule has 8 heteroatoms. The van der Waals surface area contributed by atoms with Crippen molar-refractivity contribution in [3.63, 3.8) is 0 Å². The first-order valence-corrected chi connectivity index (χ1v) is 8.77. The fourth-order valence-corrected chi connectivity index (χ4v) is 2.94. The number of nitrogens with one attached hydrogen (secondary N) is 2. The third-order valence-electron chi connectivity index (χ3n) is 3.52. The van der Waals surface area contributed by atoms with Gasteiger partial charge in [0.1, 0.15) is 0 Å². The Labute approximate surface area is 168 Å². The Bertz CT molecular complexity index is 674. The smallest absolute Gasteiger partial charge is 0.269 e. The summed E-state index contributed by atoms with van der Waals surface area (Å²) in [6, 6.07) is 10.7. The topological polar surface area (TPSA) is 79.6 Å². The van der Waals surface area contributed by atoms with E-state index in [9.17, 15) is 10.1 Å². The van der Waals surface area contributed by atoms with Crippen molar-refractivity contribution >= 4 is 47.0 Å². The van der Waals surface area contributed by atoms with Crippen molar-refractivity contribution in [3.05, 3.63) is 62.3 Å². The largest absolute Gasteiger partial charge is 0.357 e. The molecule has 1 aromatic heterocycles. The Morgan fingerprint density at radius 2 is 2.00 bits per heavy atom. The van der Waals surface area contributed by atoms with Crippen molar-refractivity contribution in [1.82, 2.24) is 10.6 Å². The van der Waals surface area contributed by atoms with Crippen LogP contribution in [0.3, 0.4) is 0 Å². The minimum absolute atomic E-state index is 0. The summed E-state index contributed by atoms with van der Waals surface area (Å²) in [6.07, 6.45) is 0. The Balaban J connectivity index is 0.00000312. The zero-order chi connectivity index (χ0) is 17.4. The highest BCUT2D eigenvalue weighted by Crippen LogP contribution is 2.19. The Hall–Kier alpha value is -1.68. The van der Waals surface area contributed by atoms with Gasteiger partial charge < -0.3 is 10.6 Å². The molecule has 25 heavy (non-hydrogen) atoms. The molecule has 0 amide bonds. The van der Waals surface area contributed by atoms with Gasteiger partial charge in [-0.15, -0.1) is 35.3 Å². The zero-order valence-electron chi connectivity index (χ0n) is 14.3. The van der Waals surface area contributed by atoms with Crippen molar-refractivity contribution in [2.24, 2.45) is 4.99 Å². The van der Waals surface area contributed by atoms with Crippen LogP contribution in [0.25, 0.3) is 0 Å². The van der Waals surface area contributed by atoms with Crippen molar-refractivity contribution in [3.8, 4) is 0 Å². The first kappa shape index (κ1) is 21.4. The van der Waals surface area contributed by atoms with Crippen LogP contribution in [-0.4, -0.2) is 24.0 Å². The number of aliphatic imine (C=N–C) groups is 1. The summed E-state index contributed by atoms with van der Waals surface area (Å²) >= 11 is 1.75. The molecule has 0 aliphatic carbocycles. The molecule has 0 saturated heterocycles. The normalized spacial score (nSPS) is 12.2. The third kappa shape index (κ3) is 6.99. The number of hydrogen-bond donors (Lipinski definition) is 2. The molecule has 2 N–H and O–H groups in total. The lowest BCUT2D eigenvalue weighted by Gasteiger charge is -2.15. The molecule has 1 aromatic carbocycles. The number of nitro groups is 1. The van der Waals surface area contributed by atoms with Gasteiger partial charge in [-0.25, -0.2) is 4.99 Å². The van der Waals surface area contributed by atoms with Crippen LogP contribution in [-0.2, 0) is 6.54 Å². The number of halogens is 1. The molecule has 0 saturated carbocycles. The van der Waals surface area contributed by atoms with Gasteiger partial charge in [0, 0.05) is 36.0 Å². The molecule has 6 nitrogen and oxygen atoms in total. The lowest BCUT2D eigenvalue weighted by molar-refractivity contribution is -0.384. The molecule has 136 valence electrons. The molecule has 0 aliphatic rings. The Kier molecular flexibility index (Phi) is 9.43. The Morgan fingerprint density at radius 1 is 1.28 bits per heavy atom. The van der Waals surface area contributed by atoms with Crippen LogP contribution in [0.15, 0.2) is 46.8 Å². The van der Waals surface area contributed by atoms with Gasteiger partial charge in [-0.3, -0.25) is 10.1 Å². The quantitative estimate of drug-likeness (QED) is 0.208. The molecule has 0 bridgehead atoms. The number of nitro benzene ring substituents is 1. The SMILES string of the molecule is CCNC(=NCc1ccc([N+](=O)[O-])cc1)NCC(C)c1cccs1.I. The van der Waals surface area contributed by atoms with E-state index in [1.54, 1.807) is 23.5 Å². The van der Waals surface area contributed by atoms with Crippen LogP contribution in [0, 0.1) is 10.1 Å². The summed E-state index contributed by atoms with van der Waals surface area (Å²) in [5.41, 5.74) is 1.03. The minimum Gasteiger partial charge on any atom is -0.357 e. The number of benzene rings is 1. The van der Waals surface area contributed by atoms with Gasteiger partial charge >= 0.3 is 0 Å². The summed E-state index contributed by atoms with van der Waals surface area (Å²) in [7, 11) is 0. The predicted octanol–water partition coefficient (Wildman–Crippen LogP) is 4.13. The van der Waals surface area contributed by atoms with Crippen LogP contribution in [0.4, 0.5) is 5.69 Å². The predicted molar refractivity (Wildman–Crippen MR) is 114 cm³/mol. The van der Waals surface area contributed by atoms with E-state index in [1.807, 2.05) is 6.92 Å². The molecule has 1 unspecified atom stereocenters. The number of guanidine groups is 1. The fourth-order valence-electron chi connectivity index (χ4n) is 2.16. The standard InChI is InChI=1S/C17H22N4O2S.HI/c1-3-18-17(19-11-13(2)16-5-4-10-24-16)20-12-14-6-8-15(9-7-14)21(22)23;/h4-10,13H,3,11-12H2,1-2H3,(H2,18,19,20);1H. The molecule has 0 radical (unpaired) electrons. The summed E-state index contributed by atoms with van der Waals surface area (Å²) in [5, 5.41) is 19.3. The monoisotopic (exact) mass is 474 g/mol. The average Bonchev–Trinajstić information content (AvgIpc) is 3.12. The summed E-state index contributed by atoms with van der Waals surface area (Å²) in [5.74, 6) is 1.16. The molecule has 0 aliphatic heterocycles. The minimum atomic E-state index is -0.398. The summed E-state index contributed by atoms with van der Waals surface area (Å²) < 4.78 is 0. The van der Waals surface area contributed by atoms with Crippen LogP contribution in [0.1, 0.15) is 30.2 Å². The molecule has 1 heterocycles. The van der Waals surface area contributed by atoms with E-state index in [4.69, 9.17) is 0 Å². The van der Waals surface area contributed by atoms with Gasteiger partial charge in [0.2, 0.25) is 0 Å². The molecular formula is C17H23IN4O2S. The van der Waals surface area contributed by atoms with E-state index >= 15 is 0 Å². The van der Waals surface area contributed by atoms with Crippen LogP contribution in [0.2, 0.25) is 0 Å². The highest BCUT2D eigenvalue weighted by atomic mass is 127. The lowest BCUT2D eigenvalue weighted by atomic mass is 10.1. The molecule has 2 rings (SSSR count). The van der Waals surface area contributed by atoms with Crippen LogP contribution in [0.5, 0.6) is 0 Å². The van der Waals surface area contributed by atoms with Gasteiger partial charge in [0.15, 0.2) is 5.96 Å². The Morgan fingerprint density at radius 3 is 2.56 bits per heavy atom. The van der Waals surface area contributed by atoms with Crippen molar-refractivity contribution in [1.29, 1.82) is 0 Å².